The predicted molar refractivity (Wildman–Crippen MR) is 70.9 cm³/mol. The third-order valence-electron chi connectivity index (χ3n) is 3.79. The highest BCUT2D eigenvalue weighted by atomic mass is 19.4. The summed E-state index contributed by atoms with van der Waals surface area (Å²) in [5.41, 5.74) is 5.40. The Labute approximate surface area is 119 Å². The predicted octanol–water partition coefficient (Wildman–Crippen LogP) is 3.72. The van der Waals surface area contributed by atoms with Crippen LogP contribution in [0, 0.1) is 17.7 Å². The first-order valence-corrected chi connectivity index (χ1v) is 6.71. The van der Waals surface area contributed by atoms with Crippen LogP contribution in [0.2, 0.25) is 0 Å². The molecule has 1 fully saturated rings. The molecule has 21 heavy (non-hydrogen) atoms. The lowest BCUT2D eigenvalue weighted by atomic mass is 9.78. The fraction of sp³-hybridized carbons (Fsp3) is 0.500. The van der Waals surface area contributed by atoms with Crippen LogP contribution in [0.1, 0.15) is 25.7 Å². The monoisotopic (exact) mass is 304 g/mol. The average molecular weight is 304 g/mol. The summed E-state index contributed by atoms with van der Waals surface area (Å²) in [6.07, 6.45) is -3.16. The van der Waals surface area contributed by atoms with E-state index in [2.05, 4.69) is 5.32 Å². The molecule has 1 amide bonds. The summed E-state index contributed by atoms with van der Waals surface area (Å²) in [5.74, 6) is -4.06. The van der Waals surface area contributed by atoms with Gasteiger partial charge < -0.3 is 11.1 Å². The van der Waals surface area contributed by atoms with Gasteiger partial charge in [-0.1, -0.05) is 12.8 Å². The Kier molecular flexibility index (Phi) is 4.39. The highest BCUT2D eigenvalue weighted by Gasteiger charge is 2.48. The molecule has 0 radical (unpaired) electrons. The van der Waals surface area contributed by atoms with Gasteiger partial charge in [0.15, 0.2) is 0 Å². The summed E-state index contributed by atoms with van der Waals surface area (Å²) in [7, 11) is 0. The van der Waals surface area contributed by atoms with E-state index in [0.29, 0.717) is 12.8 Å². The lowest BCUT2D eigenvalue weighted by molar-refractivity contribution is -0.197. The van der Waals surface area contributed by atoms with Crippen molar-refractivity contribution in [3.8, 4) is 0 Å². The number of rotatable bonds is 2. The average Bonchev–Trinajstić information content (AvgIpc) is 2.42. The molecule has 3 N–H and O–H groups in total. The van der Waals surface area contributed by atoms with Gasteiger partial charge in [-0.2, -0.15) is 13.2 Å². The Morgan fingerprint density at radius 1 is 1.24 bits per heavy atom. The maximum atomic E-state index is 13.0. The standard InChI is InChI=1S/C14H16F4N2O/c15-11-6-5-8(7-12(11)19)20-13(21)9-3-1-2-4-10(9)14(16,17)18/h5-7,9-10H,1-4,19H2,(H,20,21). The molecule has 3 nitrogen and oxygen atoms in total. The van der Waals surface area contributed by atoms with E-state index in [1.165, 1.54) is 12.1 Å². The van der Waals surface area contributed by atoms with Gasteiger partial charge >= 0.3 is 6.18 Å². The number of amides is 1. The number of alkyl halides is 3. The van der Waals surface area contributed by atoms with Crippen molar-refractivity contribution in [1.82, 2.24) is 0 Å². The number of benzene rings is 1. The van der Waals surface area contributed by atoms with Crippen molar-refractivity contribution in [2.45, 2.75) is 31.9 Å². The minimum atomic E-state index is -4.38. The second-order valence-electron chi connectivity index (χ2n) is 5.26. The first-order valence-electron chi connectivity index (χ1n) is 6.71. The first-order chi connectivity index (χ1) is 9.79. The number of hydrogen-bond donors (Lipinski definition) is 2. The lowest BCUT2D eigenvalue weighted by Gasteiger charge is -2.32. The fourth-order valence-corrected chi connectivity index (χ4v) is 2.69. The zero-order chi connectivity index (χ0) is 15.6. The summed E-state index contributed by atoms with van der Waals surface area (Å²) in [5, 5.41) is 2.40. The Bertz CT molecular complexity index is 530. The summed E-state index contributed by atoms with van der Waals surface area (Å²) in [4.78, 5) is 12.1. The topological polar surface area (TPSA) is 55.1 Å². The van der Waals surface area contributed by atoms with E-state index in [0.717, 1.165) is 6.07 Å². The smallest absolute Gasteiger partial charge is 0.392 e. The molecule has 0 spiro atoms. The normalized spacial score (nSPS) is 22.9. The molecule has 2 unspecified atom stereocenters. The van der Waals surface area contributed by atoms with E-state index in [9.17, 15) is 22.4 Å². The van der Waals surface area contributed by atoms with Crippen LogP contribution < -0.4 is 11.1 Å². The van der Waals surface area contributed by atoms with Gasteiger partial charge in [-0.05, 0) is 31.0 Å². The van der Waals surface area contributed by atoms with E-state index in [1.807, 2.05) is 0 Å². The maximum absolute atomic E-state index is 13.0. The third kappa shape index (κ3) is 3.65. The van der Waals surface area contributed by atoms with E-state index in [4.69, 9.17) is 5.73 Å². The summed E-state index contributed by atoms with van der Waals surface area (Å²) < 4.78 is 51.9. The molecule has 0 heterocycles. The Morgan fingerprint density at radius 2 is 1.90 bits per heavy atom. The molecular formula is C14H16F4N2O. The molecule has 1 aliphatic carbocycles. The number of halogens is 4. The van der Waals surface area contributed by atoms with Gasteiger partial charge in [0, 0.05) is 11.6 Å². The summed E-state index contributed by atoms with van der Waals surface area (Å²) in [6.45, 7) is 0. The zero-order valence-electron chi connectivity index (χ0n) is 11.2. The quantitative estimate of drug-likeness (QED) is 0.646. The van der Waals surface area contributed by atoms with Crippen molar-refractivity contribution >= 4 is 17.3 Å². The van der Waals surface area contributed by atoms with Crippen molar-refractivity contribution in [2.24, 2.45) is 11.8 Å². The van der Waals surface area contributed by atoms with Crippen molar-refractivity contribution in [2.75, 3.05) is 11.1 Å². The molecule has 1 aromatic carbocycles. The van der Waals surface area contributed by atoms with Crippen LogP contribution >= 0.6 is 0 Å². The number of nitrogens with one attached hydrogen (secondary N) is 1. The van der Waals surface area contributed by atoms with Crippen molar-refractivity contribution < 1.29 is 22.4 Å². The van der Waals surface area contributed by atoms with Crippen molar-refractivity contribution in [3.05, 3.63) is 24.0 Å². The largest absolute Gasteiger partial charge is 0.396 e. The van der Waals surface area contributed by atoms with Crippen LogP contribution in [0.5, 0.6) is 0 Å². The number of nitrogen functional groups attached to an aromatic ring is 1. The molecule has 2 rings (SSSR count). The Balaban J connectivity index is 2.12. The first kappa shape index (κ1) is 15.6. The van der Waals surface area contributed by atoms with Crippen LogP contribution in [0.25, 0.3) is 0 Å². The van der Waals surface area contributed by atoms with E-state index in [1.54, 1.807) is 0 Å². The molecule has 0 saturated heterocycles. The molecule has 0 bridgehead atoms. The Hall–Kier alpha value is -1.79. The summed E-state index contributed by atoms with van der Waals surface area (Å²) in [6, 6.07) is 3.53. The second-order valence-corrected chi connectivity index (χ2v) is 5.26. The summed E-state index contributed by atoms with van der Waals surface area (Å²) >= 11 is 0. The number of nitrogens with two attached hydrogens (primary N) is 1. The number of carbonyl (C=O) groups is 1. The van der Waals surface area contributed by atoms with E-state index < -0.39 is 29.7 Å². The minimum Gasteiger partial charge on any atom is -0.396 e. The van der Waals surface area contributed by atoms with Crippen molar-refractivity contribution in [3.63, 3.8) is 0 Å². The van der Waals surface area contributed by atoms with Gasteiger partial charge in [0.1, 0.15) is 5.82 Å². The lowest BCUT2D eigenvalue weighted by Crippen LogP contribution is -2.39. The van der Waals surface area contributed by atoms with E-state index >= 15 is 0 Å². The molecule has 2 atom stereocenters. The SMILES string of the molecule is Nc1cc(NC(=O)C2CCCCC2C(F)(F)F)ccc1F. The van der Waals surface area contributed by atoms with Gasteiger partial charge in [0.2, 0.25) is 5.91 Å². The molecule has 1 aromatic rings. The van der Waals surface area contributed by atoms with Crippen LogP contribution in [-0.2, 0) is 4.79 Å². The van der Waals surface area contributed by atoms with Crippen LogP contribution in [-0.4, -0.2) is 12.1 Å². The molecule has 7 heteroatoms. The Morgan fingerprint density at radius 3 is 2.52 bits per heavy atom. The molecule has 1 aliphatic rings. The third-order valence-corrected chi connectivity index (χ3v) is 3.79. The van der Waals surface area contributed by atoms with Crippen LogP contribution in [0.15, 0.2) is 18.2 Å². The molecule has 116 valence electrons. The zero-order valence-corrected chi connectivity index (χ0v) is 11.2. The molecule has 0 aromatic heterocycles. The van der Waals surface area contributed by atoms with Crippen molar-refractivity contribution in [1.29, 1.82) is 0 Å². The minimum absolute atomic E-state index is 0.0346. The van der Waals surface area contributed by atoms with Gasteiger partial charge in [0.25, 0.3) is 0 Å². The molecular weight excluding hydrogens is 288 g/mol. The number of hydrogen-bond acceptors (Lipinski definition) is 2. The van der Waals surface area contributed by atoms with Crippen LogP contribution in [0.4, 0.5) is 28.9 Å². The molecule has 1 saturated carbocycles. The van der Waals surface area contributed by atoms with Gasteiger partial charge in [0.05, 0.1) is 11.6 Å². The van der Waals surface area contributed by atoms with Crippen LogP contribution in [0.3, 0.4) is 0 Å². The molecule has 0 aliphatic heterocycles. The van der Waals surface area contributed by atoms with Gasteiger partial charge in [-0.3, -0.25) is 4.79 Å². The maximum Gasteiger partial charge on any atom is 0.392 e. The fourth-order valence-electron chi connectivity index (χ4n) is 2.69. The van der Waals surface area contributed by atoms with E-state index in [-0.39, 0.29) is 24.2 Å². The number of carbonyl (C=O) groups excluding carboxylic acids is 1. The van der Waals surface area contributed by atoms with Gasteiger partial charge in [-0.15, -0.1) is 0 Å². The van der Waals surface area contributed by atoms with Gasteiger partial charge in [-0.25, -0.2) is 4.39 Å². The highest BCUT2D eigenvalue weighted by molar-refractivity contribution is 5.93. The number of anilines is 2. The second kappa shape index (κ2) is 5.91. The highest BCUT2D eigenvalue weighted by Crippen LogP contribution is 2.41.